The SMILES string of the molecule is C[C@@H](NC(=O)C1CCC(NS(=O)(=O)c2ccc3nc(OCCN(C)C)ccc3c2)CC1)c1ccc(F)cc1. The van der Waals surface area contributed by atoms with Crippen molar-refractivity contribution in [3.63, 3.8) is 0 Å². The van der Waals surface area contributed by atoms with E-state index in [-0.39, 0.29) is 34.6 Å². The van der Waals surface area contributed by atoms with Gasteiger partial charge in [-0.15, -0.1) is 0 Å². The molecule has 1 saturated carbocycles. The first-order valence-corrected chi connectivity index (χ1v) is 14.4. The van der Waals surface area contributed by atoms with Gasteiger partial charge in [0.25, 0.3) is 0 Å². The zero-order chi connectivity index (χ0) is 27.3. The van der Waals surface area contributed by atoms with E-state index in [1.807, 2.05) is 32.0 Å². The number of nitrogens with one attached hydrogen (secondary N) is 2. The molecular weight excluding hydrogens is 507 g/mol. The van der Waals surface area contributed by atoms with Gasteiger partial charge in [-0.1, -0.05) is 12.1 Å². The molecule has 2 aromatic carbocycles. The van der Waals surface area contributed by atoms with Crippen molar-refractivity contribution in [2.24, 2.45) is 5.92 Å². The lowest BCUT2D eigenvalue weighted by Gasteiger charge is -2.29. The number of carbonyl (C=O) groups is 1. The largest absolute Gasteiger partial charge is 0.476 e. The molecule has 0 spiro atoms. The predicted octanol–water partition coefficient (Wildman–Crippen LogP) is 4.03. The molecule has 4 rings (SSSR count). The summed E-state index contributed by atoms with van der Waals surface area (Å²) >= 11 is 0. The van der Waals surface area contributed by atoms with Crippen LogP contribution in [0.25, 0.3) is 10.9 Å². The minimum atomic E-state index is -3.73. The maximum absolute atomic E-state index is 13.2. The van der Waals surface area contributed by atoms with E-state index in [9.17, 15) is 17.6 Å². The van der Waals surface area contributed by atoms with Crippen LogP contribution in [0.5, 0.6) is 5.88 Å². The molecule has 1 amide bonds. The molecule has 1 fully saturated rings. The Labute approximate surface area is 223 Å². The van der Waals surface area contributed by atoms with Crippen LogP contribution in [0.4, 0.5) is 4.39 Å². The first-order chi connectivity index (χ1) is 18.1. The highest BCUT2D eigenvalue weighted by atomic mass is 32.2. The Hall–Kier alpha value is -3.08. The van der Waals surface area contributed by atoms with E-state index in [4.69, 9.17) is 4.74 Å². The standard InChI is InChI=1S/C28H35FN4O4S/c1-19(20-4-9-23(29)10-5-20)30-28(34)21-6-11-24(12-7-21)32-38(35,36)25-13-14-26-22(18-25)8-15-27(31-26)37-17-16-33(2)3/h4-5,8-10,13-15,18-19,21,24,32H,6-7,11-12,16-17H2,1-3H3,(H,30,34)/t19-,21?,24?/m1/s1. The topological polar surface area (TPSA) is 101 Å². The second-order valence-electron chi connectivity index (χ2n) is 10.1. The van der Waals surface area contributed by atoms with Crippen molar-refractivity contribution < 1.29 is 22.3 Å². The summed E-state index contributed by atoms with van der Waals surface area (Å²) in [5, 5.41) is 3.71. The Bertz CT molecular complexity index is 1360. The van der Waals surface area contributed by atoms with Crippen molar-refractivity contribution in [1.29, 1.82) is 0 Å². The fourth-order valence-electron chi connectivity index (χ4n) is 4.59. The lowest BCUT2D eigenvalue weighted by atomic mass is 9.85. The van der Waals surface area contributed by atoms with Crippen molar-refractivity contribution in [3.05, 3.63) is 66.0 Å². The summed E-state index contributed by atoms with van der Waals surface area (Å²) in [7, 11) is 0.206. The van der Waals surface area contributed by atoms with Crippen LogP contribution in [-0.2, 0) is 14.8 Å². The quantitative estimate of drug-likeness (QED) is 0.401. The highest BCUT2D eigenvalue weighted by Gasteiger charge is 2.30. The van der Waals surface area contributed by atoms with E-state index in [1.165, 1.54) is 12.1 Å². The van der Waals surface area contributed by atoms with Crippen molar-refractivity contribution in [3.8, 4) is 5.88 Å². The Morgan fingerprint density at radius 3 is 2.47 bits per heavy atom. The van der Waals surface area contributed by atoms with Gasteiger partial charge in [0, 0.05) is 30.0 Å². The lowest BCUT2D eigenvalue weighted by molar-refractivity contribution is -0.126. The fourth-order valence-corrected chi connectivity index (χ4v) is 5.93. The van der Waals surface area contributed by atoms with Gasteiger partial charge in [0.15, 0.2) is 0 Å². The number of benzene rings is 2. The van der Waals surface area contributed by atoms with Crippen LogP contribution in [-0.4, -0.2) is 57.5 Å². The van der Waals surface area contributed by atoms with E-state index >= 15 is 0 Å². The number of ether oxygens (including phenoxy) is 1. The predicted molar refractivity (Wildman–Crippen MR) is 145 cm³/mol. The number of pyridine rings is 1. The molecule has 1 aliphatic carbocycles. The zero-order valence-corrected chi connectivity index (χ0v) is 22.8. The molecule has 204 valence electrons. The van der Waals surface area contributed by atoms with Gasteiger partial charge in [-0.05, 0) is 88.7 Å². The monoisotopic (exact) mass is 542 g/mol. The molecule has 8 nitrogen and oxygen atoms in total. The molecule has 38 heavy (non-hydrogen) atoms. The average molecular weight is 543 g/mol. The maximum atomic E-state index is 13.2. The minimum Gasteiger partial charge on any atom is -0.476 e. The number of fused-ring (bicyclic) bond motifs is 1. The van der Waals surface area contributed by atoms with Gasteiger partial charge in [-0.2, -0.15) is 0 Å². The summed E-state index contributed by atoms with van der Waals surface area (Å²) < 4.78 is 47.8. The number of nitrogens with zero attached hydrogens (tertiary/aromatic N) is 2. The number of sulfonamides is 1. The number of rotatable bonds is 10. The van der Waals surface area contributed by atoms with Gasteiger partial charge < -0.3 is 15.0 Å². The Kier molecular flexibility index (Phi) is 8.96. The normalized spacial score (nSPS) is 18.9. The Morgan fingerprint density at radius 2 is 1.79 bits per heavy atom. The van der Waals surface area contributed by atoms with Gasteiger partial charge >= 0.3 is 0 Å². The highest BCUT2D eigenvalue weighted by Crippen LogP contribution is 2.27. The van der Waals surface area contributed by atoms with Crippen LogP contribution in [0.15, 0.2) is 59.5 Å². The summed E-state index contributed by atoms with van der Waals surface area (Å²) in [5.74, 6) is -0.0565. The molecule has 0 unspecified atom stereocenters. The summed E-state index contributed by atoms with van der Waals surface area (Å²) in [6.45, 7) is 3.15. The molecule has 0 saturated heterocycles. The third-order valence-corrected chi connectivity index (χ3v) is 8.40. The minimum absolute atomic E-state index is 0.0600. The number of amides is 1. The molecule has 2 N–H and O–H groups in total. The smallest absolute Gasteiger partial charge is 0.240 e. The zero-order valence-electron chi connectivity index (χ0n) is 22.0. The number of hydrogen-bond acceptors (Lipinski definition) is 6. The number of carbonyl (C=O) groups excluding carboxylic acids is 1. The maximum Gasteiger partial charge on any atom is 0.240 e. The average Bonchev–Trinajstić information content (AvgIpc) is 2.88. The molecule has 1 aromatic heterocycles. The second kappa shape index (κ2) is 12.2. The van der Waals surface area contributed by atoms with E-state index in [1.54, 1.807) is 36.4 Å². The molecule has 0 radical (unpaired) electrons. The molecule has 1 aliphatic rings. The lowest BCUT2D eigenvalue weighted by Crippen LogP contribution is -2.41. The van der Waals surface area contributed by atoms with Gasteiger partial charge in [-0.3, -0.25) is 4.79 Å². The van der Waals surface area contributed by atoms with Crippen molar-refractivity contribution in [2.75, 3.05) is 27.2 Å². The van der Waals surface area contributed by atoms with Crippen molar-refractivity contribution in [2.45, 2.75) is 49.6 Å². The molecule has 1 atom stereocenters. The summed E-state index contributed by atoms with van der Waals surface area (Å²) in [6, 6.07) is 14.0. The first kappa shape index (κ1) is 27.9. The number of halogens is 1. The van der Waals surface area contributed by atoms with Crippen LogP contribution >= 0.6 is 0 Å². The molecular formula is C28H35FN4O4S. The Morgan fingerprint density at radius 1 is 1.08 bits per heavy atom. The van der Waals surface area contributed by atoms with Gasteiger partial charge in [0.1, 0.15) is 12.4 Å². The van der Waals surface area contributed by atoms with Crippen LogP contribution in [0.3, 0.4) is 0 Å². The summed E-state index contributed by atoms with van der Waals surface area (Å²) in [4.78, 5) is 19.4. The van der Waals surface area contributed by atoms with E-state index in [0.717, 1.165) is 12.1 Å². The first-order valence-electron chi connectivity index (χ1n) is 12.9. The molecule has 0 bridgehead atoms. The van der Waals surface area contributed by atoms with Gasteiger partial charge in [0.05, 0.1) is 16.5 Å². The van der Waals surface area contributed by atoms with Crippen molar-refractivity contribution in [1.82, 2.24) is 19.9 Å². The summed E-state index contributed by atoms with van der Waals surface area (Å²) in [6.07, 6.45) is 2.33. The second-order valence-corrected chi connectivity index (χ2v) is 11.8. The van der Waals surface area contributed by atoms with Gasteiger partial charge in [0.2, 0.25) is 21.8 Å². The van der Waals surface area contributed by atoms with E-state index in [0.29, 0.717) is 49.1 Å². The van der Waals surface area contributed by atoms with E-state index < -0.39 is 10.0 Å². The Balaban J connectivity index is 1.31. The van der Waals surface area contributed by atoms with Crippen LogP contribution in [0.2, 0.25) is 0 Å². The third kappa shape index (κ3) is 7.27. The molecule has 1 heterocycles. The number of likely N-dealkylation sites (N-methyl/N-ethyl adjacent to an activating group) is 1. The molecule has 3 aromatic rings. The van der Waals surface area contributed by atoms with Gasteiger partial charge in [-0.25, -0.2) is 22.5 Å². The van der Waals surface area contributed by atoms with Crippen LogP contribution in [0, 0.1) is 11.7 Å². The van der Waals surface area contributed by atoms with Crippen LogP contribution in [0.1, 0.15) is 44.2 Å². The number of hydrogen-bond donors (Lipinski definition) is 2. The molecule has 0 aliphatic heterocycles. The fraction of sp³-hybridized carbons (Fsp3) is 0.429. The number of aromatic nitrogens is 1. The van der Waals surface area contributed by atoms with E-state index in [2.05, 4.69) is 15.0 Å². The van der Waals surface area contributed by atoms with Crippen molar-refractivity contribution >= 4 is 26.8 Å². The summed E-state index contributed by atoms with van der Waals surface area (Å²) in [5.41, 5.74) is 1.49. The van der Waals surface area contributed by atoms with Crippen LogP contribution < -0.4 is 14.8 Å². The third-order valence-electron chi connectivity index (χ3n) is 6.88. The highest BCUT2D eigenvalue weighted by molar-refractivity contribution is 7.89. The molecule has 10 heteroatoms.